The van der Waals surface area contributed by atoms with Crippen molar-refractivity contribution < 1.29 is 9.59 Å². The van der Waals surface area contributed by atoms with Crippen LogP contribution in [0.15, 0.2) is 24.7 Å². The molecule has 2 amide bonds. The van der Waals surface area contributed by atoms with E-state index in [0.29, 0.717) is 16.1 Å². The van der Waals surface area contributed by atoms with Gasteiger partial charge < -0.3 is 11.1 Å². The number of thiazole rings is 1. The van der Waals surface area contributed by atoms with Gasteiger partial charge in [-0.15, -0.1) is 11.3 Å². The minimum atomic E-state index is -0.505. The molecule has 4 rings (SSSR count). The van der Waals surface area contributed by atoms with Gasteiger partial charge in [-0.1, -0.05) is 0 Å². The lowest BCUT2D eigenvalue weighted by molar-refractivity contribution is -0.119. The smallest absolute Gasteiger partial charge is 0.253 e. The standard InChI is InChI=1S/C18H20N6O2S/c1-10-12(15-9-24-18(27-15)13(8-21-24)16(19)25)6-11(7-20-10)22-17(26)14-4-3-5-23(14)2/h6-9,14H,3-5H2,1-2H3,(H2,19,25)(H,22,26). The topological polar surface area (TPSA) is 106 Å². The summed E-state index contributed by atoms with van der Waals surface area (Å²) in [6.07, 6.45) is 6.87. The van der Waals surface area contributed by atoms with E-state index in [-0.39, 0.29) is 11.9 Å². The molecule has 1 fully saturated rings. The highest BCUT2D eigenvalue weighted by Crippen LogP contribution is 2.33. The number of hydrogen-bond donors (Lipinski definition) is 2. The Balaban J connectivity index is 1.64. The molecular formula is C18H20N6O2S. The van der Waals surface area contributed by atoms with Gasteiger partial charge in [0, 0.05) is 17.5 Å². The Labute approximate surface area is 160 Å². The summed E-state index contributed by atoms with van der Waals surface area (Å²) in [7, 11) is 1.97. The second-order valence-corrected chi connectivity index (χ2v) is 7.78. The number of likely N-dealkylation sites (tertiary alicyclic amines) is 1. The van der Waals surface area contributed by atoms with E-state index < -0.39 is 5.91 Å². The van der Waals surface area contributed by atoms with E-state index in [2.05, 4.69) is 20.3 Å². The van der Waals surface area contributed by atoms with Crippen molar-refractivity contribution in [2.24, 2.45) is 5.73 Å². The Morgan fingerprint density at radius 1 is 1.37 bits per heavy atom. The number of likely N-dealkylation sites (N-methyl/N-ethyl adjacent to an activating group) is 1. The number of rotatable bonds is 4. The van der Waals surface area contributed by atoms with Gasteiger partial charge in [-0.25, -0.2) is 4.52 Å². The monoisotopic (exact) mass is 384 g/mol. The number of carbonyl (C=O) groups excluding carboxylic acids is 2. The number of carbonyl (C=O) groups is 2. The fourth-order valence-electron chi connectivity index (χ4n) is 3.40. The minimum absolute atomic E-state index is 0.0106. The Hall–Kier alpha value is -2.78. The first kappa shape index (κ1) is 17.6. The average Bonchev–Trinajstić information content (AvgIpc) is 3.31. The van der Waals surface area contributed by atoms with Crippen molar-refractivity contribution in [1.82, 2.24) is 19.5 Å². The van der Waals surface area contributed by atoms with Crippen molar-refractivity contribution in [1.29, 1.82) is 0 Å². The van der Waals surface area contributed by atoms with Crippen LogP contribution >= 0.6 is 11.3 Å². The van der Waals surface area contributed by atoms with Crippen LogP contribution in [0.1, 0.15) is 28.9 Å². The summed E-state index contributed by atoms with van der Waals surface area (Å²) in [5.41, 5.74) is 8.17. The molecule has 27 heavy (non-hydrogen) atoms. The molecule has 0 radical (unpaired) electrons. The summed E-state index contributed by atoms with van der Waals surface area (Å²) < 4.78 is 1.64. The Morgan fingerprint density at radius 2 is 2.19 bits per heavy atom. The van der Waals surface area contributed by atoms with Crippen LogP contribution in [0.3, 0.4) is 0 Å². The highest BCUT2D eigenvalue weighted by Gasteiger charge is 2.27. The summed E-state index contributed by atoms with van der Waals surface area (Å²) >= 11 is 1.42. The molecule has 3 aromatic heterocycles. The van der Waals surface area contributed by atoms with Crippen LogP contribution in [0.25, 0.3) is 15.3 Å². The zero-order valence-corrected chi connectivity index (χ0v) is 15.9. The van der Waals surface area contributed by atoms with Crippen molar-refractivity contribution in [2.45, 2.75) is 25.8 Å². The number of aromatic nitrogens is 3. The normalized spacial score (nSPS) is 17.5. The highest BCUT2D eigenvalue weighted by atomic mass is 32.1. The molecule has 0 aromatic carbocycles. The third-order valence-corrected chi connectivity index (χ3v) is 6.05. The number of nitrogens with one attached hydrogen (secondary N) is 1. The van der Waals surface area contributed by atoms with E-state index in [1.807, 2.05) is 26.2 Å². The summed E-state index contributed by atoms with van der Waals surface area (Å²) in [5.74, 6) is -0.515. The Morgan fingerprint density at radius 3 is 2.89 bits per heavy atom. The third-order valence-electron chi connectivity index (χ3n) is 4.90. The number of aryl methyl sites for hydroxylation is 1. The molecular weight excluding hydrogens is 364 g/mol. The zero-order chi connectivity index (χ0) is 19.1. The number of nitrogens with zero attached hydrogens (tertiary/aromatic N) is 4. The van der Waals surface area contributed by atoms with Crippen molar-refractivity contribution in [3.8, 4) is 10.4 Å². The maximum absolute atomic E-state index is 12.5. The molecule has 0 aliphatic carbocycles. The first-order chi connectivity index (χ1) is 12.9. The van der Waals surface area contributed by atoms with Crippen molar-refractivity contribution in [3.05, 3.63) is 35.9 Å². The second kappa shape index (κ2) is 6.75. The molecule has 3 aromatic rings. The van der Waals surface area contributed by atoms with Crippen LogP contribution in [0.4, 0.5) is 5.69 Å². The number of amides is 2. The molecule has 4 heterocycles. The number of primary amides is 1. The second-order valence-electron chi connectivity index (χ2n) is 6.75. The van der Waals surface area contributed by atoms with E-state index in [1.165, 1.54) is 17.5 Å². The van der Waals surface area contributed by atoms with Crippen LogP contribution in [0, 0.1) is 6.92 Å². The van der Waals surface area contributed by atoms with Gasteiger partial charge in [0.05, 0.1) is 34.6 Å². The van der Waals surface area contributed by atoms with E-state index in [9.17, 15) is 9.59 Å². The molecule has 1 unspecified atom stereocenters. The molecule has 1 saturated heterocycles. The summed E-state index contributed by atoms with van der Waals surface area (Å²) in [6, 6.07) is 1.81. The SMILES string of the molecule is Cc1ncc(NC(=O)C2CCCN2C)cc1-c1cn2ncc(C(N)=O)c2s1. The Bertz CT molecular complexity index is 1040. The van der Waals surface area contributed by atoms with E-state index in [0.717, 1.165) is 35.5 Å². The van der Waals surface area contributed by atoms with Crippen molar-refractivity contribution in [3.63, 3.8) is 0 Å². The van der Waals surface area contributed by atoms with Crippen LogP contribution in [0.5, 0.6) is 0 Å². The van der Waals surface area contributed by atoms with Gasteiger partial charge in [0.25, 0.3) is 5.91 Å². The quantitative estimate of drug-likeness (QED) is 0.715. The molecule has 140 valence electrons. The fraction of sp³-hybridized carbons (Fsp3) is 0.333. The van der Waals surface area contributed by atoms with E-state index in [1.54, 1.807) is 10.7 Å². The number of pyridine rings is 1. The van der Waals surface area contributed by atoms with Gasteiger partial charge in [0.2, 0.25) is 5.91 Å². The number of anilines is 1. The van der Waals surface area contributed by atoms with Gasteiger partial charge in [0.1, 0.15) is 4.83 Å². The molecule has 9 heteroatoms. The zero-order valence-electron chi connectivity index (χ0n) is 15.1. The van der Waals surface area contributed by atoms with Crippen LogP contribution in [-0.4, -0.2) is 50.9 Å². The summed E-state index contributed by atoms with van der Waals surface area (Å²) in [5, 5.41) is 7.15. The van der Waals surface area contributed by atoms with Gasteiger partial charge in [0.15, 0.2) is 0 Å². The largest absolute Gasteiger partial charge is 0.365 e. The predicted molar refractivity (Wildman–Crippen MR) is 104 cm³/mol. The maximum Gasteiger partial charge on any atom is 0.253 e. The summed E-state index contributed by atoms with van der Waals surface area (Å²) in [6.45, 7) is 2.84. The van der Waals surface area contributed by atoms with E-state index in [4.69, 9.17) is 5.73 Å². The van der Waals surface area contributed by atoms with Crippen LogP contribution < -0.4 is 11.1 Å². The lowest BCUT2D eigenvalue weighted by atomic mass is 10.1. The lowest BCUT2D eigenvalue weighted by Gasteiger charge is -2.18. The highest BCUT2D eigenvalue weighted by molar-refractivity contribution is 7.21. The predicted octanol–water partition coefficient (Wildman–Crippen LogP) is 1.90. The minimum Gasteiger partial charge on any atom is -0.365 e. The third kappa shape index (κ3) is 3.19. The molecule has 1 aliphatic heterocycles. The number of fused-ring (bicyclic) bond motifs is 1. The average molecular weight is 384 g/mol. The first-order valence-electron chi connectivity index (χ1n) is 8.69. The molecule has 8 nitrogen and oxygen atoms in total. The van der Waals surface area contributed by atoms with Crippen molar-refractivity contribution in [2.75, 3.05) is 18.9 Å². The number of hydrogen-bond acceptors (Lipinski definition) is 6. The van der Waals surface area contributed by atoms with Crippen LogP contribution in [0.2, 0.25) is 0 Å². The van der Waals surface area contributed by atoms with E-state index >= 15 is 0 Å². The maximum atomic E-state index is 12.5. The lowest BCUT2D eigenvalue weighted by Crippen LogP contribution is -2.37. The van der Waals surface area contributed by atoms with Crippen LogP contribution in [-0.2, 0) is 4.79 Å². The first-order valence-corrected chi connectivity index (χ1v) is 9.51. The molecule has 1 aliphatic rings. The summed E-state index contributed by atoms with van der Waals surface area (Å²) in [4.78, 5) is 32.1. The van der Waals surface area contributed by atoms with Gasteiger partial charge in [-0.05, 0) is 39.4 Å². The Kier molecular flexibility index (Phi) is 4.40. The van der Waals surface area contributed by atoms with Gasteiger partial charge >= 0.3 is 0 Å². The molecule has 0 saturated carbocycles. The molecule has 0 spiro atoms. The van der Waals surface area contributed by atoms with Gasteiger partial charge in [-0.2, -0.15) is 5.10 Å². The fourth-order valence-corrected chi connectivity index (χ4v) is 4.53. The molecule has 1 atom stereocenters. The number of nitrogens with two attached hydrogens (primary N) is 1. The van der Waals surface area contributed by atoms with Crippen molar-refractivity contribution >= 4 is 33.7 Å². The van der Waals surface area contributed by atoms with Gasteiger partial charge in [-0.3, -0.25) is 19.5 Å². The molecule has 0 bridgehead atoms. The molecule has 3 N–H and O–H groups in total.